The molecule has 0 aliphatic heterocycles. The lowest BCUT2D eigenvalue weighted by Gasteiger charge is -2.23. The topological polar surface area (TPSA) is 38.0 Å². The van der Waals surface area contributed by atoms with Crippen molar-refractivity contribution < 1.29 is 0 Å². The van der Waals surface area contributed by atoms with Crippen molar-refractivity contribution >= 4 is 0 Å². The quantitative estimate of drug-likeness (QED) is 0.469. The summed E-state index contributed by atoms with van der Waals surface area (Å²) in [4.78, 5) is 0. The average Bonchev–Trinajstić information content (AvgIpc) is 2.82. The third-order valence-electron chi connectivity index (χ3n) is 2.88. The Labute approximate surface area is 69.5 Å². The number of hydrogen-bond acceptors (Lipinski definition) is 2. The summed E-state index contributed by atoms with van der Waals surface area (Å²) >= 11 is 0. The van der Waals surface area contributed by atoms with Crippen LogP contribution in [-0.4, -0.2) is 6.04 Å². The van der Waals surface area contributed by atoms with E-state index >= 15 is 0 Å². The predicted octanol–water partition coefficient (Wildman–Crippen LogP) is 1.66. The van der Waals surface area contributed by atoms with E-state index in [1.807, 2.05) is 0 Å². The van der Waals surface area contributed by atoms with E-state index in [1.165, 1.54) is 25.7 Å². The number of rotatable bonds is 5. The number of nitrogens with one attached hydrogen (secondary N) is 1. The molecule has 0 saturated heterocycles. The molecule has 3 N–H and O–H groups in total. The smallest absolute Gasteiger partial charge is 0.0266 e. The summed E-state index contributed by atoms with van der Waals surface area (Å²) in [7, 11) is 0. The van der Waals surface area contributed by atoms with Crippen LogP contribution in [0.15, 0.2) is 0 Å². The lowest BCUT2D eigenvalue weighted by Crippen LogP contribution is -2.42. The number of hydrogen-bond donors (Lipinski definition) is 2. The van der Waals surface area contributed by atoms with Crippen molar-refractivity contribution in [2.45, 2.75) is 45.6 Å². The van der Waals surface area contributed by atoms with E-state index in [0.29, 0.717) is 6.04 Å². The van der Waals surface area contributed by atoms with Crippen molar-refractivity contribution in [2.75, 3.05) is 0 Å². The maximum Gasteiger partial charge on any atom is 0.0266 e. The second kappa shape index (κ2) is 4.07. The fourth-order valence-electron chi connectivity index (χ4n) is 1.91. The minimum atomic E-state index is 0.588. The second-order valence-corrected chi connectivity index (χ2v) is 3.61. The van der Waals surface area contributed by atoms with Gasteiger partial charge in [0.2, 0.25) is 0 Å². The summed E-state index contributed by atoms with van der Waals surface area (Å²) in [5.41, 5.74) is 2.97. The number of hydrazine groups is 1. The Morgan fingerprint density at radius 1 is 1.36 bits per heavy atom. The first-order valence-corrected chi connectivity index (χ1v) is 4.79. The fourth-order valence-corrected chi connectivity index (χ4v) is 1.91. The summed E-state index contributed by atoms with van der Waals surface area (Å²) in [6.07, 6.45) is 5.26. The number of nitrogens with two attached hydrogens (primary N) is 1. The van der Waals surface area contributed by atoms with Crippen LogP contribution in [0.5, 0.6) is 0 Å². The van der Waals surface area contributed by atoms with E-state index in [-0.39, 0.29) is 0 Å². The molecule has 0 aromatic heterocycles. The zero-order chi connectivity index (χ0) is 8.27. The van der Waals surface area contributed by atoms with Crippen LogP contribution in [0.25, 0.3) is 0 Å². The largest absolute Gasteiger partial charge is 0.271 e. The monoisotopic (exact) mass is 156 g/mol. The highest BCUT2D eigenvalue weighted by Gasteiger charge is 2.34. The van der Waals surface area contributed by atoms with Gasteiger partial charge in [-0.2, -0.15) is 0 Å². The van der Waals surface area contributed by atoms with E-state index < -0.39 is 0 Å². The van der Waals surface area contributed by atoms with Crippen molar-refractivity contribution in [1.82, 2.24) is 5.43 Å². The molecule has 11 heavy (non-hydrogen) atoms. The van der Waals surface area contributed by atoms with Crippen LogP contribution in [0.1, 0.15) is 39.5 Å². The van der Waals surface area contributed by atoms with Crippen molar-refractivity contribution in [3.63, 3.8) is 0 Å². The van der Waals surface area contributed by atoms with Gasteiger partial charge in [-0.05, 0) is 24.7 Å². The molecular formula is C9H20N2. The van der Waals surface area contributed by atoms with Crippen LogP contribution in [-0.2, 0) is 0 Å². The van der Waals surface area contributed by atoms with Gasteiger partial charge in [-0.1, -0.05) is 26.7 Å². The Kier molecular flexibility index (Phi) is 3.34. The molecule has 2 heteroatoms. The Hall–Kier alpha value is -0.0800. The van der Waals surface area contributed by atoms with E-state index in [4.69, 9.17) is 5.84 Å². The van der Waals surface area contributed by atoms with Crippen LogP contribution in [0.3, 0.4) is 0 Å². The molecule has 1 unspecified atom stereocenters. The van der Waals surface area contributed by atoms with Gasteiger partial charge in [-0.25, -0.2) is 0 Å². The Balaban J connectivity index is 2.36. The Morgan fingerprint density at radius 3 is 2.18 bits per heavy atom. The standard InChI is InChI=1S/C9H20N2/c1-3-7(4-2)9(11-10)8-5-6-8/h7-9,11H,3-6,10H2,1-2H3. The molecule has 0 heterocycles. The lowest BCUT2D eigenvalue weighted by atomic mass is 9.91. The average molecular weight is 156 g/mol. The zero-order valence-corrected chi connectivity index (χ0v) is 7.64. The molecule has 0 aromatic carbocycles. The third-order valence-corrected chi connectivity index (χ3v) is 2.88. The zero-order valence-electron chi connectivity index (χ0n) is 7.64. The summed E-state index contributed by atoms with van der Waals surface area (Å²) in [6, 6.07) is 0.588. The van der Waals surface area contributed by atoms with Gasteiger partial charge in [0.25, 0.3) is 0 Å². The minimum Gasteiger partial charge on any atom is -0.271 e. The van der Waals surface area contributed by atoms with Crippen molar-refractivity contribution in [3.8, 4) is 0 Å². The van der Waals surface area contributed by atoms with Gasteiger partial charge < -0.3 is 0 Å². The van der Waals surface area contributed by atoms with Crippen LogP contribution in [0.4, 0.5) is 0 Å². The second-order valence-electron chi connectivity index (χ2n) is 3.61. The molecule has 1 atom stereocenters. The summed E-state index contributed by atoms with van der Waals surface area (Å²) in [5, 5.41) is 0. The molecule has 1 saturated carbocycles. The molecule has 0 aromatic rings. The molecule has 0 spiro atoms. The normalized spacial score (nSPS) is 20.7. The molecule has 66 valence electrons. The highest BCUT2D eigenvalue weighted by Crippen LogP contribution is 2.37. The highest BCUT2D eigenvalue weighted by molar-refractivity contribution is 4.88. The maximum atomic E-state index is 5.52. The Morgan fingerprint density at radius 2 is 1.91 bits per heavy atom. The van der Waals surface area contributed by atoms with Gasteiger partial charge in [0.05, 0.1) is 0 Å². The van der Waals surface area contributed by atoms with Gasteiger partial charge in [0.15, 0.2) is 0 Å². The molecule has 0 amide bonds. The van der Waals surface area contributed by atoms with E-state index in [2.05, 4.69) is 19.3 Å². The summed E-state index contributed by atoms with van der Waals surface area (Å²) in [6.45, 7) is 4.50. The first-order chi connectivity index (χ1) is 5.33. The van der Waals surface area contributed by atoms with Gasteiger partial charge in [0, 0.05) is 6.04 Å². The Bertz CT molecular complexity index is 106. The van der Waals surface area contributed by atoms with Crippen molar-refractivity contribution in [3.05, 3.63) is 0 Å². The van der Waals surface area contributed by atoms with Crippen LogP contribution >= 0.6 is 0 Å². The van der Waals surface area contributed by atoms with Crippen LogP contribution in [0, 0.1) is 11.8 Å². The predicted molar refractivity (Wildman–Crippen MR) is 47.9 cm³/mol. The molecular weight excluding hydrogens is 136 g/mol. The molecule has 1 aliphatic rings. The van der Waals surface area contributed by atoms with Gasteiger partial charge in [-0.15, -0.1) is 0 Å². The van der Waals surface area contributed by atoms with Crippen LogP contribution < -0.4 is 11.3 Å². The van der Waals surface area contributed by atoms with E-state index in [0.717, 1.165) is 11.8 Å². The molecule has 2 nitrogen and oxygen atoms in total. The third kappa shape index (κ3) is 2.17. The fraction of sp³-hybridized carbons (Fsp3) is 1.00. The van der Waals surface area contributed by atoms with Crippen molar-refractivity contribution in [2.24, 2.45) is 17.7 Å². The highest BCUT2D eigenvalue weighted by atomic mass is 15.2. The molecule has 0 radical (unpaired) electrons. The first kappa shape index (κ1) is 9.01. The SMILES string of the molecule is CCC(CC)C(NN)C1CC1. The maximum absolute atomic E-state index is 5.52. The van der Waals surface area contributed by atoms with Gasteiger partial charge in [-0.3, -0.25) is 11.3 Å². The van der Waals surface area contributed by atoms with Gasteiger partial charge >= 0.3 is 0 Å². The molecule has 1 rings (SSSR count). The van der Waals surface area contributed by atoms with E-state index in [1.54, 1.807) is 0 Å². The summed E-state index contributed by atoms with van der Waals surface area (Å²) < 4.78 is 0. The molecule has 1 aliphatic carbocycles. The molecule has 1 fully saturated rings. The van der Waals surface area contributed by atoms with E-state index in [9.17, 15) is 0 Å². The first-order valence-electron chi connectivity index (χ1n) is 4.79. The lowest BCUT2D eigenvalue weighted by molar-refractivity contribution is 0.307. The minimum absolute atomic E-state index is 0.588. The van der Waals surface area contributed by atoms with Crippen molar-refractivity contribution in [1.29, 1.82) is 0 Å². The van der Waals surface area contributed by atoms with Crippen LogP contribution in [0.2, 0.25) is 0 Å². The van der Waals surface area contributed by atoms with Gasteiger partial charge in [0.1, 0.15) is 0 Å². The summed E-state index contributed by atoms with van der Waals surface area (Å²) in [5.74, 6) is 7.18. The molecule has 0 bridgehead atoms.